The normalized spacial score (nSPS) is 8.17. The quantitative estimate of drug-likeness (QED) is 0.471. The highest BCUT2D eigenvalue weighted by Gasteiger charge is 1.87. The Labute approximate surface area is 41.3 Å². The van der Waals surface area contributed by atoms with E-state index in [9.17, 15) is 4.79 Å². The van der Waals surface area contributed by atoms with Crippen molar-refractivity contribution in [1.29, 1.82) is 0 Å². The van der Waals surface area contributed by atoms with Crippen LogP contribution in [0.5, 0.6) is 0 Å². The maximum atomic E-state index is 9.63. The summed E-state index contributed by atoms with van der Waals surface area (Å²) in [4.78, 5) is 9.63. The number of alkyl halides is 1. The number of halogens is 1. The lowest BCUT2D eigenvalue weighted by Gasteiger charge is -1.77. The van der Waals surface area contributed by atoms with Crippen LogP contribution < -0.4 is 5.73 Å². The van der Waals surface area contributed by atoms with E-state index in [1.165, 1.54) is 0 Å². The molecule has 2 nitrogen and oxygen atoms in total. The van der Waals surface area contributed by atoms with E-state index in [2.05, 4.69) is 0 Å². The minimum absolute atomic E-state index is 0.168. The zero-order valence-corrected chi connectivity index (χ0v) is 3.96. The molecule has 1 radical (unpaired) electrons. The van der Waals surface area contributed by atoms with E-state index in [-0.39, 0.29) is 12.3 Å². The first-order chi connectivity index (χ1) is 2.77. The van der Waals surface area contributed by atoms with Gasteiger partial charge in [-0.3, -0.25) is 10.5 Å². The zero-order chi connectivity index (χ0) is 4.99. The van der Waals surface area contributed by atoms with E-state index < -0.39 is 5.91 Å². The van der Waals surface area contributed by atoms with Crippen LogP contribution in [0.15, 0.2) is 0 Å². The largest absolute Gasteiger partial charge is 0.273 e. The minimum atomic E-state index is -0.593. The first-order valence-corrected chi connectivity index (χ1v) is 2.11. The molecule has 0 aliphatic carbocycles. The van der Waals surface area contributed by atoms with Gasteiger partial charge in [0.25, 0.3) is 0 Å². The van der Waals surface area contributed by atoms with Gasteiger partial charge in [-0.25, -0.2) is 0 Å². The molecule has 0 aromatic carbocycles. The van der Waals surface area contributed by atoms with E-state index in [1.807, 2.05) is 0 Å². The van der Waals surface area contributed by atoms with Gasteiger partial charge in [0.15, 0.2) is 0 Å². The number of rotatable bonds is 2. The molecule has 35 valence electrons. The number of carbonyl (C=O) groups excluding carboxylic acids is 1. The molecule has 0 spiro atoms. The molecule has 0 aromatic rings. The molecule has 0 saturated heterocycles. The van der Waals surface area contributed by atoms with Crippen molar-refractivity contribution in [3.05, 3.63) is 0 Å². The molecule has 3 heteroatoms. The second-order valence-corrected chi connectivity index (χ2v) is 1.24. The summed E-state index contributed by atoms with van der Waals surface area (Å²) in [5.41, 5.74) is 6.25. The third-order valence-corrected chi connectivity index (χ3v) is 0.511. The summed E-state index contributed by atoms with van der Waals surface area (Å²) in [6.45, 7) is 0. The molecule has 0 aromatic heterocycles. The van der Waals surface area contributed by atoms with Crippen LogP contribution >= 0.6 is 11.6 Å². The first-order valence-electron chi connectivity index (χ1n) is 1.57. The first kappa shape index (κ1) is 5.76. The van der Waals surface area contributed by atoms with Crippen molar-refractivity contribution in [2.75, 3.05) is 5.88 Å². The molecule has 0 rings (SSSR count). The fourth-order valence-corrected chi connectivity index (χ4v) is 0.257. The molecule has 0 fully saturated rings. The predicted molar refractivity (Wildman–Crippen MR) is 23.4 cm³/mol. The fraction of sp³-hybridized carbons (Fsp3) is 0.667. The summed E-state index contributed by atoms with van der Waals surface area (Å²) in [5, 5.41) is 0. The number of nitrogens with one attached hydrogen (secondary N) is 1. The van der Waals surface area contributed by atoms with Gasteiger partial charge in [-0.15, -0.1) is 11.6 Å². The molecule has 1 amide bonds. The molecular weight excluding hydrogens is 101 g/mol. The molecular formula is C3H5ClNO. The molecule has 0 bridgehead atoms. The Morgan fingerprint density at radius 2 is 2.33 bits per heavy atom. The summed E-state index contributed by atoms with van der Waals surface area (Å²) in [5.74, 6) is -0.326. The van der Waals surface area contributed by atoms with Crippen molar-refractivity contribution < 1.29 is 4.79 Å². The highest BCUT2D eigenvalue weighted by molar-refractivity contribution is 6.18. The van der Waals surface area contributed by atoms with Crippen molar-refractivity contribution in [1.82, 2.24) is 5.73 Å². The van der Waals surface area contributed by atoms with Gasteiger partial charge in [0.05, 0.1) is 0 Å². The Balaban J connectivity index is 2.83. The van der Waals surface area contributed by atoms with E-state index in [0.717, 1.165) is 0 Å². The SMILES string of the molecule is [NH]C(=O)CCCl. The Kier molecular flexibility index (Phi) is 2.85. The van der Waals surface area contributed by atoms with E-state index in [1.54, 1.807) is 0 Å². The number of hydrogen-bond acceptors (Lipinski definition) is 1. The highest BCUT2D eigenvalue weighted by atomic mass is 35.5. The van der Waals surface area contributed by atoms with E-state index in [4.69, 9.17) is 17.3 Å². The molecule has 0 unspecified atom stereocenters. The number of carbonyl (C=O) groups is 1. The van der Waals surface area contributed by atoms with Crippen LogP contribution in [-0.4, -0.2) is 11.8 Å². The molecule has 0 atom stereocenters. The van der Waals surface area contributed by atoms with Crippen LogP contribution in [0.4, 0.5) is 0 Å². The summed E-state index contributed by atoms with van der Waals surface area (Å²) in [7, 11) is 0. The predicted octanol–water partition coefficient (Wildman–Crippen LogP) is 0.425. The Morgan fingerprint density at radius 1 is 1.83 bits per heavy atom. The zero-order valence-electron chi connectivity index (χ0n) is 3.20. The summed E-state index contributed by atoms with van der Waals surface area (Å²) in [6.07, 6.45) is 0.168. The van der Waals surface area contributed by atoms with E-state index in [0.29, 0.717) is 0 Å². The molecule has 0 aliphatic heterocycles. The standard InChI is InChI=1S/C3H5ClNO/c4-2-1-3(5)6/h5H,1-2H2. The third kappa shape index (κ3) is 3.76. The van der Waals surface area contributed by atoms with Crippen LogP contribution in [-0.2, 0) is 4.79 Å². The Morgan fingerprint density at radius 3 is 2.33 bits per heavy atom. The number of hydrogen-bond donors (Lipinski definition) is 0. The van der Waals surface area contributed by atoms with Gasteiger partial charge in [0.1, 0.15) is 0 Å². The second kappa shape index (κ2) is 2.97. The van der Waals surface area contributed by atoms with Gasteiger partial charge in [-0.05, 0) is 0 Å². The van der Waals surface area contributed by atoms with Crippen molar-refractivity contribution >= 4 is 17.5 Å². The summed E-state index contributed by atoms with van der Waals surface area (Å²) < 4.78 is 0. The van der Waals surface area contributed by atoms with Crippen molar-refractivity contribution in [3.63, 3.8) is 0 Å². The summed E-state index contributed by atoms with van der Waals surface area (Å²) in [6, 6.07) is 0. The number of amides is 1. The maximum absolute atomic E-state index is 9.63. The molecule has 0 aliphatic rings. The van der Waals surface area contributed by atoms with Crippen LogP contribution in [0, 0.1) is 0 Å². The highest BCUT2D eigenvalue weighted by Crippen LogP contribution is 1.79. The smallest absolute Gasteiger partial charge is 0.239 e. The maximum Gasteiger partial charge on any atom is 0.239 e. The average Bonchev–Trinajstić information content (AvgIpc) is 1.35. The van der Waals surface area contributed by atoms with Crippen LogP contribution in [0.2, 0.25) is 0 Å². The lowest BCUT2D eigenvalue weighted by atomic mass is 10.5. The van der Waals surface area contributed by atoms with Crippen LogP contribution in [0.25, 0.3) is 0 Å². The molecule has 0 saturated carbocycles. The van der Waals surface area contributed by atoms with Crippen molar-refractivity contribution in [3.8, 4) is 0 Å². The topological polar surface area (TPSA) is 40.9 Å². The third-order valence-electron chi connectivity index (χ3n) is 0.322. The van der Waals surface area contributed by atoms with Crippen molar-refractivity contribution in [2.45, 2.75) is 6.42 Å². The lowest BCUT2D eigenvalue weighted by molar-refractivity contribution is -0.118. The second-order valence-electron chi connectivity index (χ2n) is 0.862. The molecule has 6 heavy (non-hydrogen) atoms. The van der Waals surface area contributed by atoms with Gasteiger partial charge in [-0.1, -0.05) is 0 Å². The minimum Gasteiger partial charge on any atom is -0.273 e. The van der Waals surface area contributed by atoms with Gasteiger partial charge < -0.3 is 0 Å². The Hall–Kier alpha value is -0.240. The fourth-order valence-electron chi connectivity index (χ4n) is 0.0858. The van der Waals surface area contributed by atoms with E-state index >= 15 is 0 Å². The van der Waals surface area contributed by atoms with Crippen LogP contribution in [0.3, 0.4) is 0 Å². The van der Waals surface area contributed by atoms with Crippen molar-refractivity contribution in [2.24, 2.45) is 0 Å². The average molecular weight is 107 g/mol. The monoisotopic (exact) mass is 106 g/mol. The summed E-state index contributed by atoms with van der Waals surface area (Å²) >= 11 is 5.06. The molecule has 0 heterocycles. The van der Waals surface area contributed by atoms with Gasteiger partial charge in [0.2, 0.25) is 5.91 Å². The van der Waals surface area contributed by atoms with Gasteiger partial charge in [0, 0.05) is 12.3 Å². The Bertz CT molecular complexity index is 54.8. The van der Waals surface area contributed by atoms with Gasteiger partial charge in [-0.2, -0.15) is 0 Å². The lowest BCUT2D eigenvalue weighted by Crippen LogP contribution is -1.96. The van der Waals surface area contributed by atoms with Gasteiger partial charge >= 0.3 is 0 Å². The molecule has 1 N–H and O–H groups in total. The van der Waals surface area contributed by atoms with Crippen LogP contribution in [0.1, 0.15) is 6.42 Å².